The Hall–Kier alpha value is -2.42. The quantitative estimate of drug-likeness (QED) is 0.410. The van der Waals surface area contributed by atoms with Crippen molar-refractivity contribution in [2.75, 3.05) is 31.9 Å². The first-order valence-corrected chi connectivity index (χ1v) is 10.8. The molecule has 0 saturated carbocycles. The molecule has 1 unspecified atom stereocenters. The van der Waals surface area contributed by atoms with Crippen molar-refractivity contribution in [2.24, 2.45) is 10.5 Å². The molecule has 7 nitrogen and oxygen atoms in total. The zero-order valence-electron chi connectivity index (χ0n) is 17.5. The lowest BCUT2D eigenvalue weighted by Gasteiger charge is -2.27. The molecule has 2 aromatic carbocycles. The van der Waals surface area contributed by atoms with Crippen LogP contribution in [0.4, 0.5) is 10.5 Å². The predicted octanol–water partition coefficient (Wildman–Crippen LogP) is 4.92. The number of ether oxygens (including phenoxy) is 2. The molecule has 1 aliphatic heterocycles. The van der Waals surface area contributed by atoms with E-state index in [0.29, 0.717) is 22.0 Å². The molecule has 0 spiro atoms. The number of anilines is 1. The third-order valence-corrected chi connectivity index (χ3v) is 5.68. The molecule has 1 aliphatic rings. The van der Waals surface area contributed by atoms with Gasteiger partial charge in [0.2, 0.25) is 0 Å². The van der Waals surface area contributed by atoms with Gasteiger partial charge in [-0.3, -0.25) is 9.69 Å². The highest BCUT2D eigenvalue weighted by molar-refractivity contribution is 9.10. The molecule has 1 atom stereocenters. The van der Waals surface area contributed by atoms with Gasteiger partial charge in [-0.25, -0.2) is 9.80 Å². The first-order chi connectivity index (χ1) is 14.8. The molecule has 31 heavy (non-hydrogen) atoms. The fourth-order valence-electron chi connectivity index (χ4n) is 3.32. The van der Waals surface area contributed by atoms with E-state index in [1.54, 1.807) is 50.2 Å². The summed E-state index contributed by atoms with van der Waals surface area (Å²) in [5.74, 6) is -0.444. The fraction of sp³-hybridized carbons (Fsp3) is 0.318. The largest absolute Gasteiger partial charge is 0.465 e. The van der Waals surface area contributed by atoms with E-state index in [9.17, 15) is 9.59 Å². The van der Waals surface area contributed by atoms with Crippen LogP contribution in [-0.4, -0.2) is 49.7 Å². The fourth-order valence-corrected chi connectivity index (χ4v) is 3.71. The van der Waals surface area contributed by atoms with E-state index in [1.807, 2.05) is 12.1 Å². The average Bonchev–Trinajstić information content (AvgIpc) is 3.12. The van der Waals surface area contributed by atoms with Crippen LogP contribution in [0.3, 0.4) is 0 Å². The van der Waals surface area contributed by atoms with Crippen LogP contribution >= 0.6 is 27.5 Å². The topological polar surface area (TPSA) is 71.4 Å². The van der Waals surface area contributed by atoms with Gasteiger partial charge in [-0.05, 0) is 55.8 Å². The molecule has 0 aliphatic carbocycles. The molecule has 2 amide bonds. The maximum atomic E-state index is 13.4. The molecular formula is C22H23BrClN3O4. The number of amides is 2. The SMILES string of the molecule is CCOC(=O)C1(C)CN(C(=O)N(COC)c2ccc(Br)cc2)N=C1c1ccc(Cl)cc1. The maximum absolute atomic E-state index is 13.4. The molecule has 0 saturated heterocycles. The van der Waals surface area contributed by atoms with Gasteiger partial charge < -0.3 is 9.47 Å². The van der Waals surface area contributed by atoms with Gasteiger partial charge in [-0.15, -0.1) is 0 Å². The van der Waals surface area contributed by atoms with Crippen molar-refractivity contribution in [3.05, 3.63) is 63.6 Å². The number of hydrogen-bond donors (Lipinski definition) is 0. The van der Waals surface area contributed by atoms with Gasteiger partial charge in [0, 0.05) is 22.3 Å². The second-order valence-corrected chi connectivity index (χ2v) is 8.52. The summed E-state index contributed by atoms with van der Waals surface area (Å²) in [4.78, 5) is 27.7. The Bertz CT molecular complexity index is 981. The number of nitrogens with zero attached hydrogens (tertiary/aromatic N) is 3. The second kappa shape index (κ2) is 9.80. The Morgan fingerprint density at radius 3 is 2.42 bits per heavy atom. The number of rotatable bonds is 6. The zero-order chi connectivity index (χ0) is 22.6. The van der Waals surface area contributed by atoms with E-state index in [1.165, 1.54) is 17.0 Å². The highest BCUT2D eigenvalue weighted by Crippen LogP contribution is 2.34. The van der Waals surface area contributed by atoms with Gasteiger partial charge in [-0.1, -0.05) is 39.7 Å². The Balaban J connectivity index is 1.99. The smallest absolute Gasteiger partial charge is 0.346 e. The summed E-state index contributed by atoms with van der Waals surface area (Å²) in [7, 11) is 1.51. The Labute approximate surface area is 194 Å². The van der Waals surface area contributed by atoms with Crippen molar-refractivity contribution in [3.8, 4) is 0 Å². The minimum absolute atomic E-state index is 0.0267. The first kappa shape index (κ1) is 23.2. The van der Waals surface area contributed by atoms with E-state index in [4.69, 9.17) is 21.1 Å². The monoisotopic (exact) mass is 507 g/mol. The van der Waals surface area contributed by atoms with Crippen molar-refractivity contribution < 1.29 is 19.1 Å². The molecule has 9 heteroatoms. The molecule has 3 rings (SSSR count). The number of hydrogen-bond acceptors (Lipinski definition) is 5. The molecule has 164 valence electrons. The molecule has 0 radical (unpaired) electrons. The lowest BCUT2D eigenvalue weighted by atomic mass is 9.82. The molecule has 0 fully saturated rings. The lowest BCUT2D eigenvalue weighted by molar-refractivity contribution is -0.150. The normalized spacial score (nSPS) is 18.0. The zero-order valence-corrected chi connectivity index (χ0v) is 19.8. The summed E-state index contributed by atoms with van der Waals surface area (Å²) in [6, 6.07) is 13.8. The van der Waals surface area contributed by atoms with E-state index in [0.717, 1.165) is 4.47 Å². The van der Waals surface area contributed by atoms with Crippen LogP contribution in [0.5, 0.6) is 0 Å². The van der Waals surface area contributed by atoms with Crippen LogP contribution in [0.15, 0.2) is 58.1 Å². The minimum atomic E-state index is -1.13. The number of benzene rings is 2. The summed E-state index contributed by atoms with van der Waals surface area (Å²) in [6.45, 7) is 3.77. The van der Waals surface area contributed by atoms with E-state index in [-0.39, 0.29) is 19.9 Å². The lowest BCUT2D eigenvalue weighted by Crippen LogP contribution is -2.45. The molecule has 0 bridgehead atoms. The van der Waals surface area contributed by atoms with Crippen molar-refractivity contribution >= 4 is 50.9 Å². The van der Waals surface area contributed by atoms with E-state index < -0.39 is 17.4 Å². The van der Waals surface area contributed by atoms with Gasteiger partial charge in [0.1, 0.15) is 12.1 Å². The van der Waals surface area contributed by atoms with Crippen LogP contribution in [0, 0.1) is 5.41 Å². The molecular weight excluding hydrogens is 486 g/mol. The van der Waals surface area contributed by atoms with Gasteiger partial charge in [-0.2, -0.15) is 5.10 Å². The second-order valence-electron chi connectivity index (χ2n) is 7.17. The number of halogens is 2. The van der Waals surface area contributed by atoms with Gasteiger partial charge >= 0.3 is 12.0 Å². The van der Waals surface area contributed by atoms with E-state index in [2.05, 4.69) is 21.0 Å². The van der Waals surface area contributed by atoms with Crippen molar-refractivity contribution in [1.29, 1.82) is 0 Å². The van der Waals surface area contributed by atoms with E-state index >= 15 is 0 Å². The number of urea groups is 1. The maximum Gasteiger partial charge on any atom is 0.346 e. The summed E-state index contributed by atoms with van der Waals surface area (Å²) < 4.78 is 11.4. The summed E-state index contributed by atoms with van der Waals surface area (Å²) in [5, 5.41) is 6.38. The number of carbonyl (C=O) groups excluding carboxylic acids is 2. The third-order valence-electron chi connectivity index (χ3n) is 4.90. The molecule has 1 heterocycles. The van der Waals surface area contributed by atoms with Gasteiger partial charge in [0.15, 0.2) is 0 Å². The number of methoxy groups -OCH3 is 1. The molecule has 0 aromatic heterocycles. The van der Waals surface area contributed by atoms with Crippen molar-refractivity contribution in [3.63, 3.8) is 0 Å². The number of carbonyl (C=O) groups is 2. The van der Waals surface area contributed by atoms with Crippen molar-refractivity contribution in [2.45, 2.75) is 13.8 Å². The Morgan fingerprint density at radius 2 is 1.84 bits per heavy atom. The Morgan fingerprint density at radius 1 is 1.19 bits per heavy atom. The summed E-state index contributed by atoms with van der Waals surface area (Å²) >= 11 is 9.41. The van der Waals surface area contributed by atoms with Crippen LogP contribution in [0.25, 0.3) is 0 Å². The van der Waals surface area contributed by atoms with Gasteiger partial charge in [0.05, 0.1) is 18.9 Å². The average molecular weight is 509 g/mol. The molecule has 0 N–H and O–H groups in total. The number of esters is 1. The third kappa shape index (κ3) is 4.92. The molecule has 2 aromatic rings. The summed E-state index contributed by atoms with van der Waals surface area (Å²) in [5.41, 5.74) is 0.655. The summed E-state index contributed by atoms with van der Waals surface area (Å²) in [6.07, 6.45) is 0. The highest BCUT2D eigenvalue weighted by atomic mass is 79.9. The van der Waals surface area contributed by atoms with Crippen LogP contribution in [0.1, 0.15) is 19.4 Å². The van der Waals surface area contributed by atoms with Crippen LogP contribution in [0.2, 0.25) is 5.02 Å². The van der Waals surface area contributed by atoms with Crippen LogP contribution in [-0.2, 0) is 14.3 Å². The Kier molecular flexibility index (Phi) is 7.35. The van der Waals surface area contributed by atoms with Crippen LogP contribution < -0.4 is 4.90 Å². The van der Waals surface area contributed by atoms with Gasteiger partial charge in [0.25, 0.3) is 0 Å². The first-order valence-electron chi connectivity index (χ1n) is 9.66. The predicted molar refractivity (Wildman–Crippen MR) is 123 cm³/mol. The highest BCUT2D eigenvalue weighted by Gasteiger charge is 2.49. The van der Waals surface area contributed by atoms with Crippen molar-refractivity contribution in [1.82, 2.24) is 5.01 Å². The number of hydrazone groups is 1. The minimum Gasteiger partial charge on any atom is -0.465 e. The standard InChI is InChI=1S/C22H23BrClN3O4/c1-4-31-20(28)22(2)13-27(25-19(22)15-5-9-17(24)10-6-15)21(29)26(14-30-3)18-11-7-16(23)8-12-18/h5-12H,4,13-14H2,1-3H3.